The Labute approximate surface area is 109 Å². The SMILES string of the molecule is CCCN(C)CC(C)C(NC)c1ccc(F)cn1. The highest BCUT2D eigenvalue weighted by Crippen LogP contribution is 2.20. The highest BCUT2D eigenvalue weighted by atomic mass is 19.1. The van der Waals surface area contributed by atoms with Crippen molar-refractivity contribution in [3.8, 4) is 0 Å². The maximum Gasteiger partial charge on any atom is 0.141 e. The van der Waals surface area contributed by atoms with Crippen molar-refractivity contribution < 1.29 is 4.39 Å². The Morgan fingerprint density at radius 2 is 2.17 bits per heavy atom. The first-order chi connectivity index (χ1) is 8.58. The van der Waals surface area contributed by atoms with E-state index in [-0.39, 0.29) is 11.9 Å². The van der Waals surface area contributed by atoms with Crippen LogP contribution in [0.3, 0.4) is 0 Å². The van der Waals surface area contributed by atoms with Crippen LogP contribution in [-0.2, 0) is 0 Å². The largest absolute Gasteiger partial charge is 0.311 e. The van der Waals surface area contributed by atoms with Crippen molar-refractivity contribution in [2.24, 2.45) is 5.92 Å². The molecule has 1 aromatic heterocycles. The molecule has 1 aromatic rings. The number of pyridine rings is 1. The van der Waals surface area contributed by atoms with Crippen molar-refractivity contribution in [3.63, 3.8) is 0 Å². The molecular formula is C14H24FN3. The lowest BCUT2D eigenvalue weighted by Gasteiger charge is -2.27. The molecule has 18 heavy (non-hydrogen) atoms. The van der Waals surface area contributed by atoms with Crippen LogP contribution >= 0.6 is 0 Å². The zero-order valence-corrected chi connectivity index (χ0v) is 11.8. The predicted octanol–water partition coefficient (Wildman–Crippen LogP) is 2.46. The third-order valence-electron chi connectivity index (χ3n) is 3.15. The Bertz CT molecular complexity index is 339. The fraction of sp³-hybridized carbons (Fsp3) is 0.643. The molecule has 1 heterocycles. The van der Waals surface area contributed by atoms with E-state index in [9.17, 15) is 4.39 Å². The number of nitrogens with zero attached hydrogens (tertiary/aromatic N) is 2. The van der Waals surface area contributed by atoms with Gasteiger partial charge in [-0.05, 0) is 45.1 Å². The normalized spacial score (nSPS) is 14.8. The molecule has 0 bridgehead atoms. The van der Waals surface area contributed by atoms with Gasteiger partial charge in [-0.1, -0.05) is 13.8 Å². The lowest BCUT2D eigenvalue weighted by atomic mass is 9.98. The van der Waals surface area contributed by atoms with Crippen molar-refractivity contribution in [2.45, 2.75) is 26.3 Å². The molecule has 0 radical (unpaired) electrons. The summed E-state index contributed by atoms with van der Waals surface area (Å²) in [6, 6.07) is 3.38. The van der Waals surface area contributed by atoms with Gasteiger partial charge in [-0.3, -0.25) is 4.98 Å². The van der Waals surface area contributed by atoms with Gasteiger partial charge < -0.3 is 10.2 Å². The molecule has 102 valence electrons. The lowest BCUT2D eigenvalue weighted by molar-refractivity contribution is 0.250. The van der Waals surface area contributed by atoms with E-state index in [2.05, 4.69) is 36.1 Å². The smallest absolute Gasteiger partial charge is 0.141 e. The van der Waals surface area contributed by atoms with Gasteiger partial charge >= 0.3 is 0 Å². The summed E-state index contributed by atoms with van der Waals surface area (Å²) in [6.45, 7) is 6.46. The average molecular weight is 253 g/mol. The van der Waals surface area contributed by atoms with Gasteiger partial charge in [-0.15, -0.1) is 0 Å². The summed E-state index contributed by atoms with van der Waals surface area (Å²) in [5.41, 5.74) is 0.899. The number of halogens is 1. The van der Waals surface area contributed by atoms with E-state index in [4.69, 9.17) is 0 Å². The molecule has 1 rings (SSSR count). The topological polar surface area (TPSA) is 28.2 Å². The molecule has 2 unspecified atom stereocenters. The van der Waals surface area contributed by atoms with Crippen LogP contribution in [-0.4, -0.2) is 37.1 Å². The summed E-state index contributed by atoms with van der Waals surface area (Å²) in [4.78, 5) is 6.49. The van der Waals surface area contributed by atoms with Gasteiger partial charge in [0, 0.05) is 6.54 Å². The summed E-state index contributed by atoms with van der Waals surface area (Å²) in [6.07, 6.45) is 2.43. The van der Waals surface area contributed by atoms with Crippen LogP contribution in [0.4, 0.5) is 4.39 Å². The van der Waals surface area contributed by atoms with Crippen molar-refractivity contribution in [2.75, 3.05) is 27.2 Å². The Hall–Kier alpha value is -1.00. The van der Waals surface area contributed by atoms with Gasteiger partial charge in [0.05, 0.1) is 17.9 Å². The minimum atomic E-state index is -0.288. The van der Waals surface area contributed by atoms with Gasteiger partial charge in [0.25, 0.3) is 0 Å². The Kier molecular flexibility index (Phi) is 6.22. The molecule has 0 amide bonds. The summed E-state index contributed by atoms with van der Waals surface area (Å²) in [5.74, 6) is 0.133. The molecule has 1 N–H and O–H groups in total. The molecule has 0 aliphatic carbocycles. The van der Waals surface area contributed by atoms with Gasteiger partial charge in [-0.25, -0.2) is 4.39 Å². The maximum absolute atomic E-state index is 12.9. The molecule has 0 aliphatic heterocycles. The first-order valence-electron chi connectivity index (χ1n) is 6.55. The zero-order chi connectivity index (χ0) is 13.5. The van der Waals surface area contributed by atoms with Crippen LogP contribution in [0.2, 0.25) is 0 Å². The molecule has 0 aromatic carbocycles. The number of nitrogens with one attached hydrogen (secondary N) is 1. The Morgan fingerprint density at radius 1 is 1.44 bits per heavy atom. The second kappa shape index (κ2) is 7.44. The monoisotopic (exact) mass is 253 g/mol. The third-order valence-corrected chi connectivity index (χ3v) is 3.15. The predicted molar refractivity (Wildman–Crippen MR) is 72.9 cm³/mol. The van der Waals surface area contributed by atoms with E-state index in [1.165, 1.54) is 12.3 Å². The van der Waals surface area contributed by atoms with E-state index in [1.54, 1.807) is 6.07 Å². The summed E-state index contributed by atoms with van der Waals surface area (Å²) in [5, 5.41) is 3.27. The van der Waals surface area contributed by atoms with Gasteiger partial charge in [0.15, 0.2) is 0 Å². The van der Waals surface area contributed by atoms with Gasteiger partial charge in [0.2, 0.25) is 0 Å². The van der Waals surface area contributed by atoms with Gasteiger partial charge in [-0.2, -0.15) is 0 Å². The maximum atomic E-state index is 12.9. The van der Waals surface area contributed by atoms with E-state index in [1.807, 2.05) is 7.05 Å². The fourth-order valence-corrected chi connectivity index (χ4v) is 2.37. The molecule has 0 saturated carbocycles. The molecule has 2 atom stereocenters. The van der Waals surface area contributed by atoms with Crippen LogP contribution < -0.4 is 5.32 Å². The van der Waals surface area contributed by atoms with E-state index in [0.29, 0.717) is 5.92 Å². The van der Waals surface area contributed by atoms with E-state index < -0.39 is 0 Å². The number of hydrogen-bond acceptors (Lipinski definition) is 3. The summed E-state index contributed by atoms with van der Waals surface area (Å²) < 4.78 is 12.9. The highest BCUT2D eigenvalue weighted by Gasteiger charge is 2.19. The molecule has 0 aliphatic rings. The van der Waals surface area contributed by atoms with Crippen molar-refractivity contribution in [3.05, 3.63) is 29.8 Å². The van der Waals surface area contributed by atoms with Crippen LogP contribution in [0.5, 0.6) is 0 Å². The number of rotatable bonds is 7. The molecular weight excluding hydrogens is 229 g/mol. The second-order valence-electron chi connectivity index (χ2n) is 4.91. The standard InChI is InChI=1S/C14H24FN3/c1-5-8-18(4)10-11(2)14(16-3)13-7-6-12(15)9-17-13/h6-7,9,11,14,16H,5,8,10H2,1-4H3. The van der Waals surface area contributed by atoms with Crippen LogP contribution in [0.15, 0.2) is 18.3 Å². The Morgan fingerprint density at radius 3 is 2.67 bits per heavy atom. The minimum Gasteiger partial charge on any atom is -0.311 e. The van der Waals surface area contributed by atoms with Crippen LogP contribution in [0.1, 0.15) is 32.0 Å². The van der Waals surface area contributed by atoms with E-state index in [0.717, 1.165) is 25.2 Å². The van der Waals surface area contributed by atoms with Crippen LogP contribution in [0, 0.1) is 11.7 Å². The molecule has 0 saturated heterocycles. The minimum absolute atomic E-state index is 0.157. The molecule has 0 fully saturated rings. The first kappa shape index (κ1) is 15.1. The Balaban J connectivity index is 2.67. The second-order valence-corrected chi connectivity index (χ2v) is 4.91. The molecule has 0 spiro atoms. The zero-order valence-electron chi connectivity index (χ0n) is 11.8. The lowest BCUT2D eigenvalue weighted by Crippen LogP contribution is -2.33. The summed E-state index contributed by atoms with van der Waals surface area (Å²) >= 11 is 0. The highest BCUT2D eigenvalue weighted by molar-refractivity contribution is 5.10. The van der Waals surface area contributed by atoms with Crippen LogP contribution in [0.25, 0.3) is 0 Å². The first-order valence-corrected chi connectivity index (χ1v) is 6.55. The van der Waals surface area contributed by atoms with Crippen molar-refractivity contribution in [1.82, 2.24) is 15.2 Å². The van der Waals surface area contributed by atoms with Crippen molar-refractivity contribution in [1.29, 1.82) is 0 Å². The third kappa shape index (κ3) is 4.35. The van der Waals surface area contributed by atoms with E-state index >= 15 is 0 Å². The van der Waals surface area contributed by atoms with Crippen molar-refractivity contribution >= 4 is 0 Å². The summed E-state index contributed by atoms with van der Waals surface area (Å²) in [7, 11) is 4.05. The fourth-order valence-electron chi connectivity index (χ4n) is 2.37. The van der Waals surface area contributed by atoms with Gasteiger partial charge in [0.1, 0.15) is 5.82 Å². The molecule has 3 nitrogen and oxygen atoms in total. The number of hydrogen-bond donors (Lipinski definition) is 1. The average Bonchev–Trinajstić information content (AvgIpc) is 2.32. The number of aromatic nitrogens is 1. The molecule has 4 heteroatoms. The quantitative estimate of drug-likeness (QED) is 0.809.